The highest BCUT2D eigenvalue weighted by molar-refractivity contribution is 6.00. The molecule has 124 valence electrons. The van der Waals surface area contributed by atoms with E-state index in [-0.39, 0.29) is 11.4 Å². The molecular weight excluding hydrogens is 286 g/mol. The topological polar surface area (TPSA) is 91.9 Å². The minimum atomic E-state index is -0.575. The van der Waals surface area contributed by atoms with E-state index in [9.17, 15) is 14.7 Å². The van der Waals surface area contributed by atoms with Crippen LogP contribution in [-0.4, -0.2) is 51.0 Å². The first-order valence-corrected chi connectivity index (χ1v) is 7.33. The number of nitrogens with zero attached hydrogens (tertiary/aromatic N) is 4. The number of rotatable bonds is 7. The molecule has 8 nitrogen and oxygen atoms in total. The zero-order valence-electron chi connectivity index (χ0n) is 13.9. The lowest BCUT2D eigenvalue weighted by Gasteiger charge is -2.17. The molecule has 22 heavy (non-hydrogen) atoms. The molecule has 0 bridgehead atoms. The molecule has 0 saturated heterocycles. The second-order valence-corrected chi connectivity index (χ2v) is 5.04. The molecule has 0 atom stereocenters. The van der Waals surface area contributed by atoms with Crippen molar-refractivity contribution < 1.29 is 5.11 Å². The van der Waals surface area contributed by atoms with Crippen LogP contribution in [0.2, 0.25) is 0 Å². The highest BCUT2D eigenvalue weighted by atomic mass is 16.3. The number of nitrogens with one attached hydrogen (secondary N) is 1. The second-order valence-electron chi connectivity index (χ2n) is 5.04. The summed E-state index contributed by atoms with van der Waals surface area (Å²) in [5.41, 5.74) is 2.12. The first-order valence-electron chi connectivity index (χ1n) is 7.33. The molecule has 0 aliphatic carbocycles. The quantitative estimate of drug-likeness (QED) is 0.400. The molecule has 0 aromatic carbocycles. The minimum absolute atomic E-state index is 0.0277. The molecule has 2 N–H and O–H groups in total. The van der Waals surface area contributed by atoms with Crippen LogP contribution in [0.25, 0.3) is 0 Å². The van der Waals surface area contributed by atoms with Gasteiger partial charge in [-0.05, 0) is 20.0 Å². The third-order valence-corrected chi connectivity index (χ3v) is 3.68. The molecule has 8 heteroatoms. The van der Waals surface area contributed by atoms with Crippen molar-refractivity contribution in [3.63, 3.8) is 0 Å². The maximum atomic E-state index is 12.1. The molecule has 0 aliphatic heterocycles. The minimum Gasteiger partial charge on any atom is -0.494 e. The van der Waals surface area contributed by atoms with Crippen molar-refractivity contribution in [3.8, 4) is 5.88 Å². The van der Waals surface area contributed by atoms with Gasteiger partial charge in [0, 0.05) is 27.2 Å². The Balaban J connectivity index is 2.95. The lowest BCUT2D eigenvalue weighted by molar-refractivity contribution is 0.303. The molecule has 1 aromatic rings. The van der Waals surface area contributed by atoms with E-state index in [2.05, 4.69) is 29.3 Å². The molecular formula is C14H25N5O3. The molecule has 0 fully saturated rings. The van der Waals surface area contributed by atoms with Gasteiger partial charge in [0.15, 0.2) is 0 Å². The Kier molecular flexibility index (Phi) is 6.36. The van der Waals surface area contributed by atoms with Crippen LogP contribution in [0.5, 0.6) is 5.88 Å². The van der Waals surface area contributed by atoms with E-state index in [1.807, 2.05) is 0 Å². The largest absolute Gasteiger partial charge is 0.494 e. The van der Waals surface area contributed by atoms with Gasteiger partial charge in [-0.15, -0.1) is 0 Å². The average Bonchev–Trinajstić information content (AvgIpc) is 2.51. The van der Waals surface area contributed by atoms with Crippen LogP contribution in [-0.2, 0) is 14.1 Å². The van der Waals surface area contributed by atoms with Crippen LogP contribution in [0.4, 0.5) is 0 Å². The van der Waals surface area contributed by atoms with Gasteiger partial charge in [0.05, 0.1) is 5.71 Å². The summed E-state index contributed by atoms with van der Waals surface area (Å²) in [5.74, 6) is -0.375. The van der Waals surface area contributed by atoms with E-state index >= 15 is 0 Å². The third kappa shape index (κ3) is 3.76. The molecule has 0 spiro atoms. The van der Waals surface area contributed by atoms with Gasteiger partial charge in [-0.3, -0.25) is 13.9 Å². The first kappa shape index (κ1) is 18.0. The number of aromatic hydroxyl groups is 1. The lowest BCUT2D eigenvalue weighted by atomic mass is 10.2. The van der Waals surface area contributed by atoms with Crippen molar-refractivity contribution in [2.45, 2.75) is 20.8 Å². The maximum Gasteiger partial charge on any atom is 0.333 e. The standard InChI is InChI=1S/C14H25N5O3/c1-6-19(7-2)9-8-15-16-10(3)11-12(20)17(4)14(22)18(5)13(11)21/h15,20H,6-9H2,1-5H3. The Labute approximate surface area is 129 Å². The van der Waals surface area contributed by atoms with Crippen LogP contribution >= 0.6 is 0 Å². The fourth-order valence-electron chi connectivity index (χ4n) is 2.13. The number of likely N-dealkylation sites (N-methyl/N-ethyl adjacent to an activating group) is 1. The Morgan fingerprint density at radius 3 is 2.36 bits per heavy atom. The van der Waals surface area contributed by atoms with Crippen molar-refractivity contribution >= 4 is 5.71 Å². The predicted molar refractivity (Wildman–Crippen MR) is 86.6 cm³/mol. The highest BCUT2D eigenvalue weighted by Crippen LogP contribution is 2.09. The number of hydrogen-bond acceptors (Lipinski definition) is 6. The molecule has 0 unspecified atom stereocenters. The monoisotopic (exact) mass is 311 g/mol. The van der Waals surface area contributed by atoms with Crippen molar-refractivity contribution in [3.05, 3.63) is 26.4 Å². The molecule has 0 radical (unpaired) electrons. The van der Waals surface area contributed by atoms with Crippen LogP contribution in [0, 0.1) is 0 Å². The fraction of sp³-hybridized carbons (Fsp3) is 0.643. The van der Waals surface area contributed by atoms with E-state index in [4.69, 9.17) is 0 Å². The zero-order chi connectivity index (χ0) is 16.9. The summed E-state index contributed by atoms with van der Waals surface area (Å²) in [6.45, 7) is 9.18. The average molecular weight is 311 g/mol. The smallest absolute Gasteiger partial charge is 0.333 e. The SMILES string of the molecule is CCN(CC)CCNN=C(C)c1c(O)n(C)c(=O)n(C)c1=O. The summed E-state index contributed by atoms with van der Waals surface area (Å²) in [6, 6.07) is 0. The summed E-state index contributed by atoms with van der Waals surface area (Å²) < 4.78 is 1.97. The first-order chi connectivity index (χ1) is 10.3. The summed E-state index contributed by atoms with van der Waals surface area (Å²) in [4.78, 5) is 26.0. The van der Waals surface area contributed by atoms with Crippen molar-refractivity contribution in [1.82, 2.24) is 19.5 Å². The number of hydrogen-bond donors (Lipinski definition) is 2. The predicted octanol–water partition coefficient (Wildman–Crippen LogP) is -0.555. The van der Waals surface area contributed by atoms with Gasteiger partial charge >= 0.3 is 5.69 Å². The van der Waals surface area contributed by atoms with Crippen molar-refractivity contribution in [2.24, 2.45) is 19.2 Å². The molecule has 0 aliphatic rings. The normalized spacial score (nSPS) is 12.0. The van der Waals surface area contributed by atoms with E-state index < -0.39 is 11.2 Å². The van der Waals surface area contributed by atoms with Crippen LogP contribution in [0.1, 0.15) is 26.3 Å². The van der Waals surface area contributed by atoms with Gasteiger partial charge in [-0.25, -0.2) is 4.79 Å². The third-order valence-electron chi connectivity index (χ3n) is 3.68. The second kappa shape index (κ2) is 7.79. The van der Waals surface area contributed by atoms with Gasteiger partial charge in [0.2, 0.25) is 5.88 Å². The van der Waals surface area contributed by atoms with Gasteiger partial charge in [0.1, 0.15) is 5.56 Å². The number of hydrazone groups is 1. The van der Waals surface area contributed by atoms with Crippen LogP contribution in [0.3, 0.4) is 0 Å². The number of aromatic nitrogens is 2. The molecule has 1 heterocycles. The van der Waals surface area contributed by atoms with Crippen molar-refractivity contribution in [2.75, 3.05) is 26.2 Å². The Hall–Kier alpha value is -2.09. The van der Waals surface area contributed by atoms with E-state index in [1.54, 1.807) is 6.92 Å². The van der Waals surface area contributed by atoms with Crippen molar-refractivity contribution in [1.29, 1.82) is 0 Å². The summed E-state index contributed by atoms with van der Waals surface area (Å²) >= 11 is 0. The Morgan fingerprint density at radius 2 is 1.82 bits per heavy atom. The van der Waals surface area contributed by atoms with Crippen LogP contribution in [0.15, 0.2) is 14.7 Å². The van der Waals surface area contributed by atoms with Gasteiger partial charge in [-0.2, -0.15) is 5.10 Å². The Bertz CT molecular complexity index is 656. The summed E-state index contributed by atoms with van der Waals surface area (Å²) in [6.07, 6.45) is 0. The van der Waals surface area contributed by atoms with Gasteiger partial charge in [0.25, 0.3) is 5.56 Å². The molecule has 0 saturated carbocycles. The van der Waals surface area contributed by atoms with Crippen LogP contribution < -0.4 is 16.7 Å². The lowest BCUT2D eigenvalue weighted by Crippen LogP contribution is -2.40. The highest BCUT2D eigenvalue weighted by Gasteiger charge is 2.17. The Morgan fingerprint density at radius 1 is 1.23 bits per heavy atom. The molecule has 1 aromatic heterocycles. The maximum absolute atomic E-state index is 12.1. The summed E-state index contributed by atoms with van der Waals surface area (Å²) in [7, 11) is 2.77. The van der Waals surface area contributed by atoms with Gasteiger partial charge in [-0.1, -0.05) is 13.8 Å². The van der Waals surface area contributed by atoms with Gasteiger partial charge < -0.3 is 15.4 Å². The zero-order valence-corrected chi connectivity index (χ0v) is 13.9. The van der Waals surface area contributed by atoms with E-state index in [0.29, 0.717) is 12.3 Å². The molecule has 1 rings (SSSR count). The fourth-order valence-corrected chi connectivity index (χ4v) is 2.13. The molecule has 0 amide bonds. The van der Waals surface area contributed by atoms with E-state index in [1.165, 1.54) is 14.1 Å². The van der Waals surface area contributed by atoms with E-state index in [0.717, 1.165) is 28.8 Å². The summed E-state index contributed by atoms with van der Waals surface area (Å²) in [5, 5.41) is 14.1.